The fraction of sp³-hybridized carbons (Fsp3) is 0.769. The van der Waals surface area contributed by atoms with E-state index in [2.05, 4.69) is 0 Å². The predicted octanol–water partition coefficient (Wildman–Crippen LogP) is 2.16. The summed E-state index contributed by atoms with van der Waals surface area (Å²) >= 11 is 0. The Morgan fingerprint density at radius 1 is 0.842 bits per heavy atom. The summed E-state index contributed by atoms with van der Waals surface area (Å²) in [6.07, 6.45) is -1.01. The molecule has 0 radical (unpaired) electrons. The number of imide groups is 1. The lowest BCUT2D eigenvalue weighted by molar-refractivity contribution is -0.155. The lowest BCUT2D eigenvalue weighted by atomic mass is 10.2. The van der Waals surface area contributed by atoms with E-state index in [4.69, 9.17) is 9.47 Å². The fourth-order valence-corrected chi connectivity index (χ4v) is 1.09. The maximum Gasteiger partial charge on any atom is 0.414 e. The van der Waals surface area contributed by atoms with Crippen molar-refractivity contribution >= 4 is 18.0 Å². The first-order valence-corrected chi connectivity index (χ1v) is 6.14. The maximum absolute atomic E-state index is 11.4. The van der Waals surface area contributed by atoms with Crippen LogP contribution in [0.5, 0.6) is 0 Å². The molecule has 0 aromatic heterocycles. The molecule has 0 aromatic carbocycles. The molecule has 0 aliphatic heterocycles. The van der Waals surface area contributed by atoms with E-state index in [1.54, 1.807) is 41.5 Å². The molecule has 0 saturated carbocycles. The van der Waals surface area contributed by atoms with Gasteiger partial charge in [0.15, 0.2) is 0 Å². The number of carbonyl (C=O) groups excluding carboxylic acids is 3. The van der Waals surface area contributed by atoms with E-state index in [1.807, 2.05) is 5.32 Å². The molecule has 0 aromatic rings. The molecule has 0 bridgehead atoms. The van der Waals surface area contributed by atoms with Crippen LogP contribution in [-0.4, -0.2) is 29.2 Å². The van der Waals surface area contributed by atoms with Crippen LogP contribution >= 0.6 is 0 Å². The van der Waals surface area contributed by atoms with Gasteiger partial charge in [0, 0.05) is 6.42 Å². The monoisotopic (exact) mass is 273 g/mol. The summed E-state index contributed by atoms with van der Waals surface area (Å²) in [6, 6.07) is 0. The van der Waals surface area contributed by atoms with Gasteiger partial charge in [0.25, 0.3) is 0 Å². The first kappa shape index (κ1) is 17.4. The number of amides is 2. The minimum atomic E-state index is -0.818. The van der Waals surface area contributed by atoms with Gasteiger partial charge in [-0.1, -0.05) is 0 Å². The molecular weight excluding hydrogens is 250 g/mol. The molecule has 6 heteroatoms. The van der Waals surface area contributed by atoms with Crippen LogP contribution in [0.25, 0.3) is 0 Å². The summed E-state index contributed by atoms with van der Waals surface area (Å²) in [4.78, 5) is 34.0. The Morgan fingerprint density at radius 2 is 1.32 bits per heavy atom. The van der Waals surface area contributed by atoms with E-state index in [-0.39, 0.29) is 12.8 Å². The predicted molar refractivity (Wildman–Crippen MR) is 69.5 cm³/mol. The van der Waals surface area contributed by atoms with Crippen LogP contribution in [0.2, 0.25) is 0 Å². The Hall–Kier alpha value is -1.59. The van der Waals surface area contributed by atoms with Crippen LogP contribution in [0.4, 0.5) is 4.79 Å². The van der Waals surface area contributed by atoms with E-state index in [0.29, 0.717) is 0 Å². The lowest BCUT2D eigenvalue weighted by Crippen LogP contribution is -2.36. The first-order valence-electron chi connectivity index (χ1n) is 6.14. The van der Waals surface area contributed by atoms with Crippen LogP contribution < -0.4 is 5.32 Å². The topological polar surface area (TPSA) is 81.7 Å². The van der Waals surface area contributed by atoms with Crippen LogP contribution in [0, 0.1) is 0 Å². The minimum Gasteiger partial charge on any atom is -0.460 e. The fourth-order valence-electron chi connectivity index (χ4n) is 1.09. The van der Waals surface area contributed by atoms with E-state index in [0.717, 1.165) is 0 Å². The van der Waals surface area contributed by atoms with Crippen molar-refractivity contribution in [2.24, 2.45) is 0 Å². The highest BCUT2D eigenvalue weighted by molar-refractivity contribution is 5.93. The smallest absolute Gasteiger partial charge is 0.414 e. The molecule has 0 rings (SSSR count). The van der Waals surface area contributed by atoms with Gasteiger partial charge in [-0.2, -0.15) is 0 Å². The SMILES string of the molecule is CC(C)(C)OC(=O)CCC(=O)NC(=O)OC(C)(C)C. The third-order valence-corrected chi connectivity index (χ3v) is 1.62. The van der Waals surface area contributed by atoms with Crippen molar-refractivity contribution in [1.29, 1.82) is 0 Å². The van der Waals surface area contributed by atoms with Gasteiger partial charge in [-0.25, -0.2) is 4.79 Å². The third-order valence-electron chi connectivity index (χ3n) is 1.62. The highest BCUT2D eigenvalue weighted by Crippen LogP contribution is 2.09. The van der Waals surface area contributed by atoms with Crippen molar-refractivity contribution in [3.05, 3.63) is 0 Å². The van der Waals surface area contributed by atoms with E-state index in [1.165, 1.54) is 0 Å². The van der Waals surface area contributed by atoms with Gasteiger partial charge >= 0.3 is 12.1 Å². The summed E-state index contributed by atoms with van der Waals surface area (Å²) < 4.78 is 9.95. The molecule has 6 nitrogen and oxygen atoms in total. The number of esters is 1. The van der Waals surface area contributed by atoms with Gasteiger partial charge in [-0.3, -0.25) is 14.9 Å². The number of alkyl carbamates (subject to hydrolysis) is 1. The van der Waals surface area contributed by atoms with Crippen molar-refractivity contribution in [3.63, 3.8) is 0 Å². The van der Waals surface area contributed by atoms with Crippen molar-refractivity contribution in [3.8, 4) is 0 Å². The molecule has 19 heavy (non-hydrogen) atoms. The molecular formula is C13H23NO5. The first-order chi connectivity index (χ1) is 8.39. The molecule has 1 N–H and O–H groups in total. The van der Waals surface area contributed by atoms with Crippen molar-refractivity contribution in [2.75, 3.05) is 0 Å². The van der Waals surface area contributed by atoms with Gasteiger partial charge in [0.2, 0.25) is 5.91 Å². The summed E-state index contributed by atoms with van der Waals surface area (Å²) in [5.74, 6) is -1.05. The Labute approximate surface area is 113 Å². The Balaban J connectivity index is 4.00. The highest BCUT2D eigenvalue weighted by Gasteiger charge is 2.20. The zero-order valence-electron chi connectivity index (χ0n) is 12.5. The molecule has 0 unspecified atom stereocenters. The second kappa shape index (κ2) is 6.54. The van der Waals surface area contributed by atoms with E-state index < -0.39 is 29.2 Å². The van der Waals surface area contributed by atoms with Crippen LogP contribution in [-0.2, 0) is 19.1 Å². The molecule has 0 atom stereocenters. The number of nitrogens with one attached hydrogen (secondary N) is 1. The average molecular weight is 273 g/mol. The lowest BCUT2D eigenvalue weighted by Gasteiger charge is -2.20. The highest BCUT2D eigenvalue weighted by atomic mass is 16.6. The van der Waals surface area contributed by atoms with Gasteiger partial charge < -0.3 is 9.47 Å². The van der Waals surface area contributed by atoms with Crippen LogP contribution in [0.1, 0.15) is 54.4 Å². The normalized spacial score (nSPS) is 11.7. The molecule has 0 spiro atoms. The van der Waals surface area contributed by atoms with E-state index >= 15 is 0 Å². The number of hydrogen-bond donors (Lipinski definition) is 1. The molecule has 110 valence electrons. The molecule has 0 heterocycles. The standard InChI is InChI=1S/C13H23NO5/c1-12(2,3)18-10(16)8-7-9(15)14-11(17)19-13(4,5)6/h7-8H2,1-6H3,(H,14,15,17). The Kier molecular flexibility index (Phi) is 5.99. The molecule has 0 aliphatic carbocycles. The Bertz CT molecular complexity index is 349. The number of hydrogen-bond acceptors (Lipinski definition) is 5. The minimum absolute atomic E-state index is 0.0775. The van der Waals surface area contributed by atoms with Crippen LogP contribution in [0.15, 0.2) is 0 Å². The van der Waals surface area contributed by atoms with Gasteiger partial charge in [0.05, 0.1) is 6.42 Å². The largest absolute Gasteiger partial charge is 0.460 e. The molecule has 0 saturated heterocycles. The number of ether oxygens (including phenoxy) is 2. The van der Waals surface area contributed by atoms with E-state index in [9.17, 15) is 14.4 Å². The Morgan fingerprint density at radius 3 is 1.74 bits per heavy atom. The number of rotatable bonds is 3. The third kappa shape index (κ3) is 11.2. The quantitative estimate of drug-likeness (QED) is 0.797. The summed E-state index contributed by atoms with van der Waals surface area (Å²) in [6.45, 7) is 10.3. The van der Waals surface area contributed by atoms with Gasteiger partial charge in [-0.05, 0) is 41.5 Å². The van der Waals surface area contributed by atoms with Crippen molar-refractivity contribution < 1.29 is 23.9 Å². The molecule has 0 aliphatic rings. The second-order valence-corrected chi connectivity index (χ2v) is 6.14. The van der Waals surface area contributed by atoms with Crippen molar-refractivity contribution in [2.45, 2.75) is 65.6 Å². The zero-order chi connectivity index (χ0) is 15.3. The van der Waals surface area contributed by atoms with Crippen molar-refractivity contribution in [1.82, 2.24) is 5.32 Å². The summed E-state index contributed by atoms with van der Waals surface area (Å²) in [5.41, 5.74) is -1.26. The average Bonchev–Trinajstić information content (AvgIpc) is 2.08. The summed E-state index contributed by atoms with van der Waals surface area (Å²) in [5, 5.41) is 2.05. The van der Waals surface area contributed by atoms with Gasteiger partial charge in [0.1, 0.15) is 11.2 Å². The second-order valence-electron chi connectivity index (χ2n) is 6.14. The van der Waals surface area contributed by atoms with Crippen LogP contribution in [0.3, 0.4) is 0 Å². The van der Waals surface area contributed by atoms with Gasteiger partial charge in [-0.15, -0.1) is 0 Å². The zero-order valence-corrected chi connectivity index (χ0v) is 12.5. The number of carbonyl (C=O) groups is 3. The maximum atomic E-state index is 11.4. The summed E-state index contributed by atoms with van der Waals surface area (Å²) in [7, 11) is 0. The molecule has 0 fully saturated rings. The molecule has 2 amide bonds.